The quantitative estimate of drug-likeness (QED) is 0.384. The lowest BCUT2D eigenvalue weighted by atomic mass is 9.72. The molecule has 160 valence electrons. The Morgan fingerprint density at radius 2 is 1.60 bits per heavy atom. The number of rotatable bonds is 8. The van der Waals surface area contributed by atoms with Crippen LogP contribution in [0.4, 0.5) is 0 Å². The van der Waals surface area contributed by atoms with Crippen LogP contribution in [0.15, 0.2) is 54.6 Å². The molecule has 0 bridgehead atoms. The van der Waals surface area contributed by atoms with Crippen LogP contribution in [0.5, 0.6) is 5.75 Å². The van der Waals surface area contributed by atoms with Gasteiger partial charge in [-0.2, -0.15) is 0 Å². The molecule has 0 aliphatic heterocycles. The van der Waals surface area contributed by atoms with E-state index in [-0.39, 0.29) is 10.8 Å². The van der Waals surface area contributed by atoms with E-state index in [1.54, 1.807) is 4.80 Å². The molecule has 4 nitrogen and oxygen atoms in total. The Balaban J connectivity index is 2.00. The number of aromatic nitrogens is 3. The van der Waals surface area contributed by atoms with Crippen LogP contribution in [0.1, 0.15) is 66.4 Å². The molecule has 0 saturated carbocycles. The summed E-state index contributed by atoms with van der Waals surface area (Å²) in [7, 11) is 0. The molecule has 3 rings (SSSR count). The fraction of sp³-hybridized carbons (Fsp3) is 0.462. The summed E-state index contributed by atoms with van der Waals surface area (Å²) in [4.78, 5) is 1.71. The molecular formula is C26H35N3O. The molecule has 3 aromatic rings. The van der Waals surface area contributed by atoms with Crippen molar-refractivity contribution in [1.29, 1.82) is 0 Å². The number of allylic oxidation sites excluding steroid dienone is 1. The first kappa shape index (κ1) is 22.1. The van der Waals surface area contributed by atoms with Crippen LogP contribution in [-0.2, 0) is 5.41 Å². The molecule has 0 fully saturated rings. The van der Waals surface area contributed by atoms with Crippen LogP contribution >= 0.6 is 0 Å². The maximum Gasteiger partial charge on any atom is 0.147 e. The third-order valence-electron chi connectivity index (χ3n) is 5.17. The number of fused-ring (bicyclic) bond motifs is 1. The average molecular weight is 406 g/mol. The van der Waals surface area contributed by atoms with E-state index in [1.807, 2.05) is 24.3 Å². The Kier molecular flexibility index (Phi) is 6.64. The lowest BCUT2D eigenvalue weighted by Gasteiger charge is -2.33. The summed E-state index contributed by atoms with van der Waals surface area (Å²) < 4.78 is 6.12. The topological polar surface area (TPSA) is 39.9 Å². The Bertz CT molecular complexity index is 976. The minimum absolute atomic E-state index is 0.0269. The lowest BCUT2D eigenvalue weighted by Crippen LogP contribution is -2.25. The second-order valence-electron chi connectivity index (χ2n) is 9.85. The van der Waals surface area contributed by atoms with Crippen LogP contribution in [0.2, 0.25) is 0 Å². The van der Waals surface area contributed by atoms with E-state index in [0.29, 0.717) is 6.61 Å². The first-order valence-electron chi connectivity index (χ1n) is 10.9. The maximum absolute atomic E-state index is 6.12. The van der Waals surface area contributed by atoms with Crippen LogP contribution in [0.3, 0.4) is 0 Å². The van der Waals surface area contributed by atoms with Gasteiger partial charge in [0.25, 0.3) is 0 Å². The molecular weight excluding hydrogens is 370 g/mol. The van der Waals surface area contributed by atoms with E-state index in [2.05, 4.69) is 71.9 Å². The zero-order valence-electron chi connectivity index (χ0n) is 19.3. The molecule has 0 amide bonds. The fourth-order valence-electron chi connectivity index (χ4n) is 4.10. The summed E-state index contributed by atoms with van der Waals surface area (Å²) in [6.45, 7) is 14.2. The van der Waals surface area contributed by atoms with E-state index in [9.17, 15) is 0 Å². The largest absolute Gasteiger partial charge is 0.487 e. The SMILES string of the molecule is CCC/C=C/COc1ccc(C(C)(C)CC(C)(C)C)cc1-n1nc2ccccc2n1. The molecule has 0 spiro atoms. The highest BCUT2D eigenvalue weighted by atomic mass is 16.5. The van der Waals surface area contributed by atoms with E-state index in [1.165, 1.54) is 5.56 Å². The Hall–Kier alpha value is -2.62. The number of benzene rings is 2. The van der Waals surface area contributed by atoms with Gasteiger partial charge in [-0.25, -0.2) is 0 Å². The first-order valence-corrected chi connectivity index (χ1v) is 10.9. The van der Waals surface area contributed by atoms with E-state index >= 15 is 0 Å². The summed E-state index contributed by atoms with van der Waals surface area (Å²) >= 11 is 0. The molecule has 0 aliphatic carbocycles. The van der Waals surface area contributed by atoms with Crippen molar-refractivity contribution in [2.45, 2.75) is 66.2 Å². The molecule has 4 heteroatoms. The highest BCUT2D eigenvalue weighted by molar-refractivity contribution is 5.73. The van der Waals surface area contributed by atoms with Gasteiger partial charge in [0, 0.05) is 0 Å². The predicted molar refractivity (Wildman–Crippen MR) is 126 cm³/mol. The fourth-order valence-corrected chi connectivity index (χ4v) is 4.10. The van der Waals surface area contributed by atoms with Gasteiger partial charge < -0.3 is 4.74 Å². The summed E-state index contributed by atoms with van der Waals surface area (Å²) in [5.74, 6) is 0.798. The summed E-state index contributed by atoms with van der Waals surface area (Å²) in [6, 6.07) is 14.4. The van der Waals surface area contributed by atoms with Gasteiger partial charge in [-0.15, -0.1) is 15.0 Å². The number of unbranched alkanes of at least 4 members (excludes halogenated alkanes) is 1. The van der Waals surface area contributed by atoms with Gasteiger partial charge in [0.1, 0.15) is 29.1 Å². The van der Waals surface area contributed by atoms with E-state index in [0.717, 1.165) is 41.7 Å². The van der Waals surface area contributed by atoms with Gasteiger partial charge in [0.15, 0.2) is 0 Å². The molecule has 0 unspecified atom stereocenters. The van der Waals surface area contributed by atoms with E-state index in [4.69, 9.17) is 14.9 Å². The third-order valence-corrected chi connectivity index (χ3v) is 5.17. The van der Waals surface area contributed by atoms with Crippen molar-refractivity contribution in [3.63, 3.8) is 0 Å². The smallest absolute Gasteiger partial charge is 0.147 e. The van der Waals surface area contributed by atoms with Crippen molar-refractivity contribution in [1.82, 2.24) is 15.0 Å². The normalized spacial score (nSPS) is 12.7. The second-order valence-corrected chi connectivity index (χ2v) is 9.85. The molecule has 1 heterocycles. The number of hydrogen-bond acceptors (Lipinski definition) is 3. The highest BCUT2D eigenvalue weighted by Crippen LogP contribution is 2.38. The highest BCUT2D eigenvalue weighted by Gasteiger charge is 2.28. The third kappa shape index (κ3) is 5.50. The number of nitrogens with zero attached hydrogens (tertiary/aromatic N) is 3. The summed E-state index contributed by atoms with van der Waals surface area (Å²) in [5.41, 5.74) is 4.18. The summed E-state index contributed by atoms with van der Waals surface area (Å²) in [6.07, 6.45) is 7.54. The van der Waals surface area contributed by atoms with Crippen LogP contribution in [-0.4, -0.2) is 21.6 Å². The summed E-state index contributed by atoms with van der Waals surface area (Å²) in [5, 5.41) is 9.41. The number of ether oxygens (including phenoxy) is 1. The Labute approximate surface area is 180 Å². The average Bonchev–Trinajstić information content (AvgIpc) is 3.10. The Morgan fingerprint density at radius 3 is 2.20 bits per heavy atom. The van der Waals surface area contributed by atoms with Gasteiger partial charge in [-0.3, -0.25) is 0 Å². The molecule has 0 atom stereocenters. The molecule has 2 aromatic carbocycles. The van der Waals surface area contributed by atoms with Gasteiger partial charge in [0.2, 0.25) is 0 Å². The minimum atomic E-state index is 0.0269. The molecule has 0 saturated heterocycles. The van der Waals surface area contributed by atoms with Gasteiger partial charge in [-0.05, 0) is 53.5 Å². The van der Waals surface area contributed by atoms with Gasteiger partial charge >= 0.3 is 0 Å². The van der Waals surface area contributed by atoms with Crippen molar-refractivity contribution < 1.29 is 4.74 Å². The second kappa shape index (κ2) is 9.03. The van der Waals surface area contributed by atoms with Crippen molar-refractivity contribution in [2.24, 2.45) is 5.41 Å². The lowest BCUT2D eigenvalue weighted by molar-refractivity contribution is 0.283. The zero-order chi connectivity index (χ0) is 21.8. The zero-order valence-corrected chi connectivity index (χ0v) is 19.3. The van der Waals surface area contributed by atoms with Crippen molar-refractivity contribution in [3.8, 4) is 11.4 Å². The van der Waals surface area contributed by atoms with Crippen LogP contribution in [0.25, 0.3) is 16.7 Å². The monoisotopic (exact) mass is 405 g/mol. The first-order chi connectivity index (χ1) is 14.2. The Morgan fingerprint density at radius 1 is 0.933 bits per heavy atom. The minimum Gasteiger partial charge on any atom is -0.487 e. The molecule has 0 aliphatic rings. The molecule has 1 aromatic heterocycles. The number of hydrogen-bond donors (Lipinski definition) is 0. The molecule has 0 N–H and O–H groups in total. The molecule has 0 radical (unpaired) electrons. The van der Waals surface area contributed by atoms with Gasteiger partial charge in [0.05, 0.1) is 0 Å². The van der Waals surface area contributed by atoms with Crippen molar-refractivity contribution >= 4 is 11.0 Å². The standard InChI is InChI=1S/C26H35N3O/c1-7-8-9-12-17-30-24-16-15-20(26(5,6)19-25(2,3)4)18-23(24)29-27-21-13-10-11-14-22(21)28-29/h9-16,18H,7-8,17,19H2,1-6H3/b12-9+. The van der Waals surface area contributed by atoms with Crippen molar-refractivity contribution in [2.75, 3.05) is 6.61 Å². The van der Waals surface area contributed by atoms with Gasteiger partial charge in [-0.1, -0.05) is 78.3 Å². The van der Waals surface area contributed by atoms with E-state index < -0.39 is 0 Å². The van der Waals surface area contributed by atoms with Crippen LogP contribution in [0, 0.1) is 5.41 Å². The van der Waals surface area contributed by atoms with Crippen LogP contribution < -0.4 is 4.74 Å². The maximum atomic E-state index is 6.12. The molecule has 30 heavy (non-hydrogen) atoms. The van der Waals surface area contributed by atoms with Crippen molar-refractivity contribution in [3.05, 3.63) is 60.2 Å². The predicted octanol–water partition coefficient (Wildman–Crippen LogP) is 6.87.